The molecule has 1 amide bonds. The third kappa shape index (κ3) is 8.47. The van der Waals surface area contributed by atoms with Gasteiger partial charge in [0.2, 0.25) is 5.75 Å². The van der Waals surface area contributed by atoms with Crippen LogP contribution in [0.5, 0.6) is 28.7 Å². The van der Waals surface area contributed by atoms with Gasteiger partial charge in [-0.1, -0.05) is 12.1 Å². The normalized spacial score (nSPS) is 11.0. The molecule has 0 aliphatic rings. The molecule has 3 rings (SSSR count). The number of hydrogen-bond acceptors (Lipinski definition) is 10. The van der Waals surface area contributed by atoms with Crippen molar-refractivity contribution in [2.75, 3.05) is 28.4 Å². The van der Waals surface area contributed by atoms with Crippen molar-refractivity contribution < 1.29 is 42.8 Å². The van der Waals surface area contributed by atoms with Crippen LogP contribution < -0.4 is 29.0 Å². The number of carbonyl (C=O) groups is 3. The highest BCUT2D eigenvalue weighted by atomic mass is 16.6. The van der Waals surface area contributed by atoms with Gasteiger partial charge in [0.15, 0.2) is 28.8 Å². The molecule has 0 saturated carbocycles. The van der Waals surface area contributed by atoms with Gasteiger partial charge in [0.05, 0.1) is 46.2 Å². The SMILES string of the molecule is COc1ccc(/C=C/C(=O)c2cc(OC)c(OC)c(OC)c2)cc1OC(=O)c1ccc(CNC(=O)OC(C)(C)C)nc1. The average Bonchev–Trinajstić information content (AvgIpc) is 2.97. The van der Waals surface area contributed by atoms with Crippen molar-refractivity contribution in [1.82, 2.24) is 10.3 Å². The average molecular weight is 579 g/mol. The van der Waals surface area contributed by atoms with Crippen LogP contribution >= 0.6 is 0 Å². The Kier molecular flexibility index (Phi) is 10.5. The van der Waals surface area contributed by atoms with Crippen LogP contribution in [0.3, 0.4) is 0 Å². The molecule has 42 heavy (non-hydrogen) atoms. The third-order valence-corrected chi connectivity index (χ3v) is 5.64. The van der Waals surface area contributed by atoms with E-state index in [-0.39, 0.29) is 23.6 Å². The molecule has 1 aromatic heterocycles. The van der Waals surface area contributed by atoms with Crippen molar-refractivity contribution in [1.29, 1.82) is 0 Å². The Morgan fingerprint density at radius 2 is 1.48 bits per heavy atom. The summed E-state index contributed by atoms with van der Waals surface area (Å²) in [5, 5.41) is 2.61. The molecule has 0 fully saturated rings. The van der Waals surface area contributed by atoms with Gasteiger partial charge in [0.25, 0.3) is 0 Å². The lowest BCUT2D eigenvalue weighted by molar-refractivity contribution is 0.0522. The zero-order valence-electron chi connectivity index (χ0n) is 24.6. The van der Waals surface area contributed by atoms with Gasteiger partial charge in [0, 0.05) is 11.8 Å². The number of nitrogens with one attached hydrogen (secondary N) is 1. The highest BCUT2D eigenvalue weighted by Crippen LogP contribution is 2.38. The number of pyridine rings is 1. The maximum absolute atomic E-state index is 12.9. The zero-order chi connectivity index (χ0) is 30.9. The second-order valence-electron chi connectivity index (χ2n) is 9.81. The van der Waals surface area contributed by atoms with E-state index in [1.54, 1.807) is 63.2 Å². The summed E-state index contributed by atoms with van der Waals surface area (Å²) in [6.07, 6.45) is 3.73. The predicted octanol–water partition coefficient (Wildman–Crippen LogP) is 5.26. The number of carbonyl (C=O) groups excluding carboxylic acids is 3. The largest absolute Gasteiger partial charge is 0.493 e. The molecule has 0 spiro atoms. The van der Waals surface area contributed by atoms with E-state index in [0.29, 0.717) is 39.8 Å². The second kappa shape index (κ2) is 14.0. The van der Waals surface area contributed by atoms with Crippen molar-refractivity contribution in [3.8, 4) is 28.7 Å². The van der Waals surface area contributed by atoms with E-state index in [0.717, 1.165) is 0 Å². The Morgan fingerprint density at radius 3 is 2.02 bits per heavy atom. The van der Waals surface area contributed by atoms with E-state index in [1.165, 1.54) is 46.8 Å². The van der Waals surface area contributed by atoms with Gasteiger partial charge in [-0.3, -0.25) is 9.78 Å². The molecule has 1 heterocycles. The van der Waals surface area contributed by atoms with E-state index >= 15 is 0 Å². The summed E-state index contributed by atoms with van der Waals surface area (Å²) in [5.41, 5.74) is 1.02. The number of amides is 1. The first kappa shape index (κ1) is 31.5. The summed E-state index contributed by atoms with van der Waals surface area (Å²) in [7, 11) is 5.87. The van der Waals surface area contributed by atoms with Crippen molar-refractivity contribution in [2.45, 2.75) is 32.9 Å². The maximum atomic E-state index is 12.9. The second-order valence-corrected chi connectivity index (χ2v) is 9.81. The molecule has 0 unspecified atom stereocenters. The van der Waals surface area contributed by atoms with Crippen LogP contribution in [-0.4, -0.2) is 56.9 Å². The van der Waals surface area contributed by atoms with Crippen LogP contribution in [0, 0.1) is 0 Å². The molecular formula is C31H34N2O9. The van der Waals surface area contributed by atoms with Crippen LogP contribution in [0.1, 0.15) is 52.7 Å². The molecule has 0 saturated heterocycles. The molecule has 0 radical (unpaired) electrons. The molecule has 0 aliphatic heterocycles. The molecular weight excluding hydrogens is 544 g/mol. The van der Waals surface area contributed by atoms with Crippen LogP contribution in [0.2, 0.25) is 0 Å². The van der Waals surface area contributed by atoms with Gasteiger partial charge in [0.1, 0.15) is 5.60 Å². The molecule has 0 atom stereocenters. The van der Waals surface area contributed by atoms with Crippen LogP contribution in [-0.2, 0) is 11.3 Å². The zero-order valence-corrected chi connectivity index (χ0v) is 24.6. The molecule has 0 bridgehead atoms. The first-order valence-corrected chi connectivity index (χ1v) is 12.8. The lowest BCUT2D eigenvalue weighted by atomic mass is 10.1. The number of methoxy groups -OCH3 is 4. The first-order chi connectivity index (χ1) is 20.0. The fraction of sp³-hybridized carbons (Fsp3) is 0.290. The Hall–Kier alpha value is -5.06. The number of rotatable bonds is 11. The number of benzene rings is 2. The topological polar surface area (TPSA) is 132 Å². The number of ketones is 1. The maximum Gasteiger partial charge on any atom is 0.407 e. The van der Waals surface area contributed by atoms with Crippen LogP contribution in [0.25, 0.3) is 6.08 Å². The lowest BCUT2D eigenvalue weighted by Crippen LogP contribution is -2.32. The third-order valence-electron chi connectivity index (χ3n) is 5.64. The summed E-state index contributed by atoms with van der Waals surface area (Å²) in [6.45, 7) is 5.43. The molecule has 2 aromatic carbocycles. The highest BCUT2D eigenvalue weighted by Gasteiger charge is 2.18. The number of esters is 1. The van der Waals surface area contributed by atoms with E-state index < -0.39 is 17.7 Å². The summed E-state index contributed by atoms with van der Waals surface area (Å²) in [5.74, 6) is 0.591. The number of alkyl carbamates (subject to hydrolysis) is 1. The van der Waals surface area contributed by atoms with E-state index in [2.05, 4.69) is 10.3 Å². The fourth-order valence-electron chi connectivity index (χ4n) is 3.65. The van der Waals surface area contributed by atoms with Gasteiger partial charge in [-0.15, -0.1) is 0 Å². The van der Waals surface area contributed by atoms with Gasteiger partial charge in [-0.2, -0.15) is 0 Å². The van der Waals surface area contributed by atoms with Crippen LogP contribution in [0.4, 0.5) is 4.79 Å². The summed E-state index contributed by atoms with van der Waals surface area (Å²) in [6, 6.07) is 11.2. The molecule has 1 N–H and O–H groups in total. The Balaban J connectivity index is 1.71. The molecule has 3 aromatic rings. The Labute approximate surface area is 244 Å². The van der Waals surface area contributed by atoms with Crippen molar-refractivity contribution >= 4 is 23.9 Å². The van der Waals surface area contributed by atoms with E-state index in [1.807, 2.05) is 0 Å². The van der Waals surface area contributed by atoms with E-state index in [4.69, 9.17) is 28.4 Å². The standard InChI is InChI=1S/C31H34N2O9/c1-31(2,3)42-30(36)33-18-22-11-10-20(17-32-22)29(35)41-25-14-19(9-13-24(25)37-4)8-12-23(34)21-15-26(38-5)28(40-7)27(16-21)39-6/h8-17H,18H2,1-7H3,(H,33,36)/b12-8+. The summed E-state index contributed by atoms with van der Waals surface area (Å²) < 4.78 is 32.1. The van der Waals surface area contributed by atoms with Crippen LogP contribution in [0.15, 0.2) is 54.7 Å². The Morgan fingerprint density at radius 1 is 0.810 bits per heavy atom. The smallest absolute Gasteiger partial charge is 0.407 e. The van der Waals surface area contributed by atoms with Gasteiger partial charge >= 0.3 is 12.1 Å². The van der Waals surface area contributed by atoms with Gasteiger partial charge in [-0.25, -0.2) is 9.59 Å². The Bertz CT molecular complexity index is 1430. The number of ether oxygens (including phenoxy) is 6. The monoisotopic (exact) mass is 578 g/mol. The summed E-state index contributed by atoms with van der Waals surface area (Å²) in [4.78, 5) is 41.8. The fourth-order valence-corrected chi connectivity index (χ4v) is 3.65. The number of hydrogen-bond donors (Lipinski definition) is 1. The predicted molar refractivity (Wildman–Crippen MR) is 155 cm³/mol. The summed E-state index contributed by atoms with van der Waals surface area (Å²) >= 11 is 0. The van der Waals surface area contributed by atoms with E-state index in [9.17, 15) is 14.4 Å². The minimum Gasteiger partial charge on any atom is -0.493 e. The molecule has 11 nitrogen and oxygen atoms in total. The van der Waals surface area contributed by atoms with Crippen molar-refractivity contribution in [2.24, 2.45) is 0 Å². The van der Waals surface area contributed by atoms with Crippen molar-refractivity contribution in [3.63, 3.8) is 0 Å². The van der Waals surface area contributed by atoms with Gasteiger partial charge < -0.3 is 33.7 Å². The van der Waals surface area contributed by atoms with Crippen molar-refractivity contribution in [3.05, 3.63) is 77.1 Å². The first-order valence-electron chi connectivity index (χ1n) is 12.8. The number of nitrogens with zero attached hydrogens (tertiary/aromatic N) is 1. The lowest BCUT2D eigenvalue weighted by Gasteiger charge is -2.19. The minimum atomic E-state index is -0.665. The minimum absolute atomic E-state index is 0.126. The molecule has 11 heteroatoms. The quantitative estimate of drug-likeness (QED) is 0.139. The highest BCUT2D eigenvalue weighted by molar-refractivity contribution is 6.07. The molecule has 222 valence electrons. The van der Waals surface area contributed by atoms with Gasteiger partial charge in [-0.05, 0) is 68.8 Å². The molecule has 0 aliphatic carbocycles. The number of aromatic nitrogens is 1. The number of allylic oxidation sites excluding steroid dienone is 1.